The van der Waals surface area contributed by atoms with Crippen LogP contribution in [0.15, 0.2) is 41.8 Å². The lowest BCUT2D eigenvalue weighted by Crippen LogP contribution is -2.48. The Labute approximate surface area is 183 Å². The van der Waals surface area contributed by atoms with Gasteiger partial charge < -0.3 is 4.90 Å². The van der Waals surface area contributed by atoms with E-state index in [0.29, 0.717) is 16.4 Å². The molecule has 1 aromatic carbocycles. The van der Waals surface area contributed by atoms with Gasteiger partial charge in [0.2, 0.25) is 11.8 Å². The molecule has 2 aromatic rings. The highest BCUT2D eigenvalue weighted by atomic mass is 35.5. The molecule has 0 spiro atoms. The number of fused-ring (bicyclic) bond motifs is 5. The van der Waals surface area contributed by atoms with Gasteiger partial charge in [0.25, 0.3) is 0 Å². The van der Waals surface area contributed by atoms with Crippen LogP contribution in [-0.2, 0) is 9.59 Å². The molecule has 0 bridgehead atoms. The van der Waals surface area contributed by atoms with Gasteiger partial charge in [-0.2, -0.15) is 0 Å². The molecule has 0 N–H and O–H groups in total. The molecular weight excluding hydrogens is 420 g/mol. The smallest absolute Gasteiger partial charge is 0.235 e. The second-order valence-corrected chi connectivity index (χ2v) is 9.36. The Bertz CT molecular complexity index is 1060. The topological polar surface area (TPSA) is 57.7 Å². The number of likely N-dealkylation sites (tertiary alicyclic amines) is 1. The molecule has 0 radical (unpaired) electrons. The maximum absolute atomic E-state index is 13.6. The van der Waals surface area contributed by atoms with Gasteiger partial charge in [0.15, 0.2) is 5.78 Å². The van der Waals surface area contributed by atoms with E-state index in [4.69, 9.17) is 11.6 Å². The standard InChI is InChI=1S/C23H21ClN2O3S/c1-2-3-10-25-22(28)18-16-8-6-13-12-14(24)7-9-15(13)26(16)20(19(18)23(25)29)21(27)17-5-4-11-30-17/h4-9,11-12,16,18-20H,2-3,10H2,1H3/t16-,18+,19-,20+/m1/s1. The fourth-order valence-electron chi connectivity index (χ4n) is 5.01. The van der Waals surface area contributed by atoms with Crippen LogP contribution in [0.25, 0.3) is 6.08 Å². The molecule has 5 nitrogen and oxygen atoms in total. The first-order chi connectivity index (χ1) is 14.5. The number of hydrogen-bond acceptors (Lipinski definition) is 5. The fourth-order valence-corrected chi connectivity index (χ4v) is 5.89. The van der Waals surface area contributed by atoms with Gasteiger partial charge in [-0.3, -0.25) is 19.3 Å². The van der Waals surface area contributed by atoms with Crippen LogP contribution in [0.3, 0.4) is 0 Å². The van der Waals surface area contributed by atoms with Crippen LogP contribution in [-0.4, -0.2) is 41.1 Å². The van der Waals surface area contributed by atoms with E-state index in [1.165, 1.54) is 16.2 Å². The first-order valence-electron chi connectivity index (χ1n) is 10.2. The van der Waals surface area contributed by atoms with Crippen molar-refractivity contribution in [1.29, 1.82) is 0 Å². The lowest BCUT2D eigenvalue weighted by Gasteiger charge is -2.36. The van der Waals surface area contributed by atoms with Gasteiger partial charge >= 0.3 is 0 Å². The molecule has 3 aliphatic heterocycles. The average molecular weight is 441 g/mol. The van der Waals surface area contributed by atoms with Crippen molar-refractivity contribution in [1.82, 2.24) is 4.90 Å². The maximum atomic E-state index is 13.6. The minimum Gasteiger partial charge on any atom is -0.352 e. The zero-order valence-corrected chi connectivity index (χ0v) is 18.0. The predicted octanol–water partition coefficient (Wildman–Crippen LogP) is 4.27. The largest absolute Gasteiger partial charge is 0.352 e. The number of rotatable bonds is 5. The van der Waals surface area contributed by atoms with Crippen molar-refractivity contribution in [2.45, 2.75) is 31.8 Å². The number of ketones is 1. The minimum absolute atomic E-state index is 0.0998. The lowest BCUT2D eigenvalue weighted by atomic mass is 9.87. The Balaban J connectivity index is 1.63. The molecule has 2 amide bonds. The van der Waals surface area contributed by atoms with Crippen molar-refractivity contribution < 1.29 is 14.4 Å². The summed E-state index contributed by atoms with van der Waals surface area (Å²) >= 11 is 7.54. The minimum atomic E-state index is -0.702. The summed E-state index contributed by atoms with van der Waals surface area (Å²) in [5.41, 5.74) is 1.74. The van der Waals surface area contributed by atoms with Crippen molar-refractivity contribution in [2.24, 2.45) is 11.8 Å². The van der Waals surface area contributed by atoms with Crippen molar-refractivity contribution in [3.8, 4) is 0 Å². The van der Waals surface area contributed by atoms with Crippen LogP contribution in [0.5, 0.6) is 0 Å². The molecule has 4 heterocycles. The van der Waals surface area contributed by atoms with Crippen LogP contribution in [0.2, 0.25) is 5.02 Å². The molecule has 7 heteroatoms. The van der Waals surface area contributed by atoms with Gasteiger partial charge in [-0.25, -0.2) is 0 Å². The summed E-state index contributed by atoms with van der Waals surface area (Å²) in [5.74, 6) is -1.68. The summed E-state index contributed by atoms with van der Waals surface area (Å²) in [5, 5.41) is 2.46. The van der Waals surface area contributed by atoms with Crippen molar-refractivity contribution >= 4 is 52.3 Å². The molecular formula is C23H21ClN2O3S. The Hall–Kier alpha value is -2.44. The van der Waals surface area contributed by atoms with Crippen LogP contribution in [0.1, 0.15) is 35.0 Å². The number of benzene rings is 1. The fraction of sp³-hybridized carbons (Fsp3) is 0.348. The molecule has 1 aromatic heterocycles. The number of Topliss-reactive ketones (excluding diaryl/α,β-unsaturated/α-hetero) is 1. The summed E-state index contributed by atoms with van der Waals surface area (Å²) in [4.78, 5) is 44.2. The molecule has 0 unspecified atom stereocenters. The second-order valence-electron chi connectivity index (χ2n) is 7.98. The summed E-state index contributed by atoms with van der Waals surface area (Å²) < 4.78 is 0. The highest BCUT2D eigenvalue weighted by Crippen LogP contribution is 2.49. The Morgan fingerprint density at radius 1 is 1.17 bits per heavy atom. The summed E-state index contributed by atoms with van der Waals surface area (Å²) in [6.45, 7) is 2.45. The third kappa shape index (κ3) is 2.77. The number of imide groups is 1. The van der Waals surface area contributed by atoms with Gasteiger partial charge in [-0.15, -0.1) is 11.3 Å². The summed E-state index contributed by atoms with van der Waals surface area (Å²) in [6, 6.07) is 8.12. The molecule has 30 heavy (non-hydrogen) atoms. The van der Waals surface area contributed by atoms with E-state index in [0.717, 1.165) is 24.1 Å². The van der Waals surface area contributed by atoms with Crippen LogP contribution >= 0.6 is 22.9 Å². The number of unbranched alkanes of at least 4 members (excludes halogenated alkanes) is 1. The van der Waals surface area contributed by atoms with Gasteiger partial charge in [-0.1, -0.05) is 43.2 Å². The number of thiophene rings is 1. The monoisotopic (exact) mass is 440 g/mol. The van der Waals surface area contributed by atoms with Crippen molar-refractivity contribution in [2.75, 3.05) is 11.4 Å². The van der Waals surface area contributed by atoms with Gasteiger partial charge in [0, 0.05) is 17.3 Å². The number of carbonyl (C=O) groups is 3. The predicted molar refractivity (Wildman–Crippen MR) is 118 cm³/mol. The van der Waals surface area contributed by atoms with Crippen LogP contribution in [0, 0.1) is 11.8 Å². The molecule has 3 aliphatic rings. The highest BCUT2D eigenvalue weighted by Gasteiger charge is 2.63. The van der Waals surface area contributed by atoms with Gasteiger partial charge in [0.1, 0.15) is 6.04 Å². The number of amides is 2. The van der Waals surface area contributed by atoms with Gasteiger partial charge in [-0.05, 0) is 41.6 Å². The summed E-state index contributed by atoms with van der Waals surface area (Å²) in [6.07, 6.45) is 5.57. The molecule has 4 atom stereocenters. The highest BCUT2D eigenvalue weighted by molar-refractivity contribution is 7.12. The molecule has 2 fully saturated rings. The third-order valence-electron chi connectivity index (χ3n) is 6.33. The molecule has 154 valence electrons. The zero-order chi connectivity index (χ0) is 21.0. The Kier molecular flexibility index (Phi) is 4.79. The average Bonchev–Trinajstić information content (AvgIpc) is 3.43. The van der Waals surface area contributed by atoms with E-state index in [1.807, 2.05) is 47.6 Å². The molecule has 0 saturated carbocycles. The Morgan fingerprint density at radius 3 is 2.70 bits per heavy atom. The quantitative estimate of drug-likeness (QED) is 0.514. The second kappa shape index (κ2) is 7.36. The first kappa shape index (κ1) is 19.5. The van der Waals surface area contributed by atoms with Crippen molar-refractivity contribution in [3.05, 3.63) is 57.3 Å². The number of carbonyl (C=O) groups excluding carboxylic acids is 3. The molecule has 0 aliphatic carbocycles. The first-order valence-corrected chi connectivity index (χ1v) is 11.5. The Morgan fingerprint density at radius 2 is 1.97 bits per heavy atom. The maximum Gasteiger partial charge on any atom is 0.235 e. The number of halogens is 1. The van der Waals surface area contributed by atoms with E-state index in [1.54, 1.807) is 12.1 Å². The lowest BCUT2D eigenvalue weighted by molar-refractivity contribution is -0.140. The SMILES string of the molecule is CCCCN1C(=O)[C@@H]2[C@@H](C1=O)[C@@H](C(=O)c1cccs1)N1c3ccc(Cl)cc3C=C[C@H]21. The molecule has 2 saturated heterocycles. The van der Waals surface area contributed by atoms with E-state index in [9.17, 15) is 14.4 Å². The number of anilines is 1. The van der Waals surface area contributed by atoms with E-state index >= 15 is 0 Å². The molecule has 5 rings (SSSR count). The van der Waals surface area contributed by atoms with Gasteiger partial charge in [0.05, 0.1) is 22.8 Å². The third-order valence-corrected chi connectivity index (χ3v) is 7.45. The summed E-state index contributed by atoms with van der Waals surface area (Å²) in [7, 11) is 0. The van der Waals surface area contributed by atoms with Crippen LogP contribution < -0.4 is 4.90 Å². The van der Waals surface area contributed by atoms with E-state index in [2.05, 4.69) is 0 Å². The zero-order valence-electron chi connectivity index (χ0n) is 16.5. The van der Waals surface area contributed by atoms with Crippen LogP contribution in [0.4, 0.5) is 5.69 Å². The number of nitrogens with zero attached hydrogens (tertiary/aromatic N) is 2. The van der Waals surface area contributed by atoms with Crippen molar-refractivity contribution in [3.63, 3.8) is 0 Å². The van der Waals surface area contributed by atoms with E-state index < -0.39 is 17.9 Å². The normalized spacial score (nSPS) is 26.7. The number of hydrogen-bond donors (Lipinski definition) is 0. The van der Waals surface area contributed by atoms with E-state index in [-0.39, 0.29) is 23.6 Å².